The van der Waals surface area contributed by atoms with E-state index in [1.54, 1.807) is 7.11 Å². The van der Waals surface area contributed by atoms with Gasteiger partial charge in [0.05, 0.1) is 6.61 Å². The Hall–Kier alpha value is -1.36. The van der Waals surface area contributed by atoms with Crippen molar-refractivity contribution in [2.75, 3.05) is 37.4 Å². The van der Waals surface area contributed by atoms with Crippen molar-refractivity contribution in [2.45, 2.75) is 26.7 Å². The predicted octanol–water partition coefficient (Wildman–Crippen LogP) is 1.54. The van der Waals surface area contributed by atoms with Crippen molar-refractivity contribution < 1.29 is 4.74 Å². The van der Waals surface area contributed by atoms with Crippen LogP contribution >= 0.6 is 0 Å². The van der Waals surface area contributed by atoms with Crippen molar-refractivity contribution in [3.05, 3.63) is 11.4 Å². The molecule has 1 aromatic rings. The molecule has 0 bridgehead atoms. The molecule has 1 fully saturated rings. The van der Waals surface area contributed by atoms with Crippen LogP contribution in [0.5, 0.6) is 0 Å². The molecular weight excluding hydrogens is 228 g/mol. The van der Waals surface area contributed by atoms with Crippen LogP contribution < -0.4 is 10.6 Å². The van der Waals surface area contributed by atoms with Crippen LogP contribution in [-0.2, 0) is 4.74 Å². The van der Waals surface area contributed by atoms with E-state index in [-0.39, 0.29) is 0 Å². The molecule has 0 aliphatic carbocycles. The number of rotatable bonds is 3. The van der Waals surface area contributed by atoms with E-state index < -0.39 is 0 Å². The second kappa shape index (κ2) is 5.52. The Labute approximate surface area is 108 Å². The lowest BCUT2D eigenvalue weighted by molar-refractivity contribution is 0.143. The van der Waals surface area contributed by atoms with Gasteiger partial charge in [-0.3, -0.25) is 0 Å². The molecule has 0 saturated carbocycles. The standard InChI is InChI=1S/C13H22N4O/c1-9-12(14)15-10(2)16-13(9)17-6-4-5-11(7-17)8-18-3/h11H,4-8H2,1-3H3,(H2,14,15,16). The number of methoxy groups -OCH3 is 1. The van der Waals surface area contributed by atoms with Crippen LogP contribution in [0.25, 0.3) is 0 Å². The SMILES string of the molecule is COCC1CCCN(c2nc(C)nc(N)c2C)C1. The van der Waals surface area contributed by atoms with Gasteiger partial charge in [0.15, 0.2) is 0 Å². The van der Waals surface area contributed by atoms with Crippen LogP contribution in [0.1, 0.15) is 24.2 Å². The molecule has 1 aromatic heterocycles. The smallest absolute Gasteiger partial charge is 0.137 e. The van der Waals surface area contributed by atoms with E-state index in [4.69, 9.17) is 10.5 Å². The molecule has 1 aliphatic heterocycles. The van der Waals surface area contributed by atoms with Crippen LogP contribution in [0, 0.1) is 19.8 Å². The Morgan fingerprint density at radius 3 is 2.89 bits per heavy atom. The van der Waals surface area contributed by atoms with Gasteiger partial charge in [-0.25, -0.2) is 9.97 Å². The minimum Gasteiger partial charge on any atom is -0.384 e. The fourth-order valence-electron chi connectivity index (χ4n) is 2.57. The second-order valence-electron chi connectivity index (χ2n) is 5.01. The third-order valence-electron chi connectivity index (χ3n) is 3.49. The molecule has 2 N–H and O–H groups in total. The molecular formula is C13H22N4O. The molecule has 1 atom stereocenters. The molecule has 0 amide bonds. The molecule has 2 rings (SSSR count). The maximum atomic E-state index is 5.92. The van der Waals surface area contributed by atoms with Gasteiger partial charge in [-0.1, -0.05) is 0 Å². The van der Waals surface area contributed by atoms with Crippen molar-refractivity contribution >= 4 is 11.6 Å². The number of piperidine rings is 1. The predicted molar refractivity (Wildman–Crippen MR) is 72.7 cm³/mol. The highest BCUT2D eigenvalue weighted by molar-refractivity contribution is 5.56. The zero-order chi connectivity index (χ0) is 13.1. The van der Waals surface area contributed by atoms with Gasteiger partial charge in [0.2, 0.25) is 0 Å². The average molecular weight is 250 g/mol. The quantitative estimate of drug-likeness (QED) is 0.881. The fourth-order valence-corrected chi connectivity index (χ4v) is 2.57. The summed E-state index contributed by atoms with van der Waals surface area (Å²) in [7, 11) is 1.76. The van der Waals surface area contributed by atoms with E-state index in [9.17, 15) is 0 Å². The first-order valence-corrected chi connectivity index (χ1v) is 6.46. The number of aromatic nitrogens is 2. The van der Waals surface area contributed by atoms with Crippen molar-refractivity contribution in [3.63, 3.8) is 0 Å². The third-order valence-corrected chi connectivity index (χ3v) is 3.49. The molecule has 1 unspecified atom stereocenters. The number of nitrogens with zero attached hydrogens (tertiary/aromatic N) is 3. The van der Waals surface area contributed by atoms with Crippen molar-refractivity contribution in [2.24, 2.45) is 5.92 Å². The molecule has 18 heavy (non-hydrogen) atoms. The van der Waals surface area contributed by atoms with Crippen LogP contribution in [0.15, 0.2) is 0 Å². The van der Waals surface area contributed by atoms with E-state index in [2.05, 4.69) is 14.9 Å². The average Bonchev–Trinajstić information content (AvgIpc) is 2.34. The van der Waals surface area contributed by atoms with Crippen LogP contribution in [0.4, 0.5) is 11.6 Å². The van der Waals surface area contributed by atoms with E-state index in [0.717, 1.165) is 36.9 Å². The van der Waals surface area contributed by atoms with E-state index >= 15 is 0 Å². The van der Waals surface area contributed by atoms with Crippen LogP contribution in [0.3, 0.4) is 0 Å². The number of aryl methyl sites for hydroxylation is 1. The first-order valence-electron chi connectivity index (χ1n) is 6.46. The number of anilines is 2. The topological polar surface area (TPSA) is 64.3 Å². The monoisotopic (exact) mass is 250 g/mol. The number of hydrogen-bond donors (Lipinski definition) is 1. The summed E-state index contributed by atoms with van der Waals surface area (Å²) in [6.07, 6.45) is 2.40. The Morgan fingerprint density at radius 1 is 1.39 bits per heavy atom. The van der Waals surface area contributed by atoms with Gasteiger partial charge in [0.1, 0.15) is 17.5 Å². The summed E-state index contributed by atoms with van der Waals surface area (Å²) < 4.78 is 5.26. The Morgan fingerprint density at radius 2 is 2.17 bits per heavy atom. The Balaban J connectivity index is 2.20. The number of hydrogen-bond acceptors (Lipinski definition) is 5. The molecule has 0 radical (unpaired) electrons. The molecule has 0 spiro atoms. The van der Waals surface area contributed by atoms with Crippen molar-refractivity contribution in [1.29, 1.82) is 0 Å². The van der Waals surface area contributed by atoms with Gasteiger partial charge in [-0.15, -0.1) is 0 Å². The highest BCUT2D eigenvalue weighted by Crippen LogP contribution is 2.26. The molecule has 1 aliphatic rings. The molecule has 0 aromatic carbocycles. The van der Waals surface area contributed by atoms with Crippen molar-refractivity contribution in [3.8, 4) is 0 Å². The molecule has 5 nitrogen and oxygen atoms in total. The summed E-state index contributed by atoms with van der Waals surface area (Å²) in [5.41, 5.74) is 6.90. The van der Waals surface area contributed by atoms with Gasteiger partial charge in [0.25, 0.3) is 0 Å². The Bertz CT molecular complexity index is 420. The maximum absolute atomic E-state index is 5.92. The lowest BCUT2D eigenvalue weighted by Gasteiger charge is -2.34. The first-order chi connectivity index (χ1) is 8.61. The van der Waals surface area contributed by atoms with Crippen LogP contribution in [0.2, 0.25) is 0 Å². The summed E-state index contributed by atoms with van der Waals surface area (Å²) in [6, 6.07) is 0. The third kappa shape index (κ3) is 2.72. The second-order valence-corrected chi connectivity index (χ2v) is 5.01. The minimum absolute atomic E-state index is 0.583. The molecule has 2 heterocycles. The lowest BCUT2D eigenvalue weighted by Crippen LogP contribution is -2.38. The fraction of sp³-hybridized carbons (Fsp3) is 0.692. The minimum atomic E-state index is 0.583. The molecule has 5 heteroatoms. The number of ether oxygens (including phenoxy) is 1. The normalized spacial score (nSPS) is 20.2. The summed E-state index contributed by atoms with van der Waals surface area (Å²) in [6.45, 7) is 6.72. The van der Waals surface area contributed by atoms with Gasteiger partial charge in [-0.05, 0) is 32.6 Å². The lowest BCUT2D eigenvalue weighted by atomic mass is 9.98. The highest BCUT2D eigenvalue weighted by Gasteiger charge is 2.23. The zero-order valence-electron chi connectivity index (χ0n) is 11.4. The first kappa shape index (κ1) is 13.1. The summed E-state index contributed by atoms with van der Waals surface area (Å²) in [4.78, 5) is 11.1. The summed E-state index contributed by atoms with van der Waals surface area (Å²) >= 11 is 0. The largest absolute Gasteiger partial charge is 0.384 e. The molecule has 1 saturated heterocycles. The highest BCUT2D eigenvalue weighted by atomic mass is 16.5. The maximum Gasteiger partial charge on any atom is 0.137 e. The van der Waals surface area contributed by atoms with E-state index in [1.165, 1.54) is 12.8 Å². The van der Waals surface area contributed by atoms with E-state index in [1.807, 2.05) is 13.8 Å². The van der Waals surface area contributed by atoms with E-state index in [0.29, 0.717) is 11.7 Å². The zero-order valence-corrected chi connectivity index (χ0v) is 11.4. The van der Waals surface area contributed by atoms with Gasteiger partial charge in [-0.2, -0.15) is 0 Å². The van der Waals surface area contributed by atoms with Crippen LogP contribution in [-0.4, -0.2) is 36.8 Å². The number of nitrogen functional groups attached to an aromatic ring is 1. The Kier molecular flexibility index (Phi) is 4.01. The summed E-state index contributed by atoms with van der Waals surface area (Å²) in [5.74, 6) is 2.90. The van der Waals surface area contributed by atoms with Crippen molar-refractivity contribution in [1.82, 2.24) is 9.97 Å². The van der Waals surface area contributed by atoms with Gasteiger partial charge in [0, 0.05) is 25.8 Å². The van der Waals surface area contributed by atoms with Gasteiger partial charge >= 0.3 is 0 Å². The number of nitrogens with two attached hydrogens (primary N) is 1. The molecule has 100 valence electrons. The summed E-state index contributed by atoms with van der Waals surface area (Å²) in [5, 5.41) is 0. The van der Waals surface area contributed by atoms with Gasteiger partial charge < -0.3 is 15.4 Å².